The van der Waals surface area contributed by atoms with Gasteiger partial charge in [0.25, 0.3) is 0 Å². The summed E-state index contributed by atoms with van der Waals surface area (Å²) >= 11 is 0.940. The smallest absolute Gasteiger partial charge is 0.406 e. The Kier molecular flexibility index (Phi) is 6.05. The first-order chi connectivity index (χ1) is 12.0. The van der Waals surface area contributed by atoms with E-state index in [1.54, 1.807) is 0 Å². The number of carbonyl (C=O) groups is 1. The number of rotatable bonds is 7. The van der Waals surface area contributed by atoms with Gasteiger partial charge in [-0.2, -0.15) is 4.31 Å². The van der Waals surface area contributed by atoms with Gasteiger partial charge in [-0.1, -0.05) is 11.3 Å². The zero-order chi connectivity index (χ0) is 19.5. The molecule has 0 atom stereocenters. The Bertz CT molecular complexity index is 898. The van der Waals surface area contributed by atoms with Gasteiger partial charge in [0.05, 0.1) is 16.8 Å². The first-order valence-electron chi connectivity index (χ1n) is 7.05. The number of ether oxygens (including phenoxy) is 1. The van der Waals surface area contributed by atoms with Crippen molar-refractivity contribution in [1.82, 2.24) is 14.6 Å². The van der Waals surface area contributed by atoms with E-state index in [2.05, 4.69) is 20.4 Å². The molecule has 1 amide bonds. The number of anilines is 1. The lowest BCUT2D eigenvalue weighted by atomic mass is 10.3. The summed E-state index contributed by atoms with van der Waals surface area (Å²) in [5.41, 5.74) is 0.371. The fourth-order valence-electron chi connectivity index (χ4n) is 1.91. The van der Waals surface area contributed by atoms with Crippen LogP contribution in [0.4, 0.5) is 18.3 Å². The number of nitrogens with zero attached hydrogens (tertiary/aromatic N) is 2. The third kappa shape index (κ3) is 5.52. The number of carbonyl (C=O) groups excluding carboxylic acids is 1. The van der Waals surface area contributed by atoms with E-state index in [0.717, 1.165) is 27.8 Å². The zero-order valence-corrected chi connectivity index (χ0v) is 15.3. The predicted octanol–water partition coefficient (Wildman–Crippen LogP) is 1.57. The number of halogens is 3. The summed E-state index contributed by atoms with van der Waals surface area (Å²) in [6.07, 6.45) is -4.81. The molecule has 0 unspecified atom stereocenters. The molecular weight excluding hydrogens is 397 g/mol. The van der Waals surface area contributed by atoms with Gasteiger partial charge >= 0.3 is 6.36 Å². The molecule has 2 aromatic rings. The minimum Gasteiger partial charge on any atom is -0.406 e. The number of sulfonamides is 1. The summed E-state index contributed by atoms with van der Waals surface area (Å²) in [5.74, 6) is -1.35. The molecule has 13 heteroatoms. The molecule has 144 valence electrons. The summed E-state index contributed by atoms with van der Waals surface area (Å²) in [6, 6.07) is 3.59. The first kappa shape index (κ1) is 20.4. The number of alkyl halides is 3. The van der Waals surface area contributed by atoms with Gasteiger partial charge in [0.1, 0.15) is 11.6 Å². The number of hydrogen-bond acceptors (Lipinski definition) is 7. The molecule has 0 saturated carbocycles. The Morgan fingerprint density at radius 2 is 2.08 bits per heavy atom. The van der Waals surface area contributed by atoms with Gasteiger partial charge in [-0.25, -0.2) is 13.4 Å². The molecule has 1 aromatic heterocycles. The molecule has 0 radical (unpaired) electrons. The number of thiazole rings is 1. The highest BCUT2D eigenvalue weighted by molar-refractivity contribution is 7.89. The van der Waals surface area contributed by atoms with Gasteiger partial charge in [-0.15, -0.1) is 13.2 Å². The molecule has 0 fully saturated rings. The number of fused-ring (bicyclic) bond motifs is 1. The van der Waals surface area contributed by atoms with E-state index in [9.17, 15) is 26.4 Å². The standard InChI is InChI=1S/C13H15F3N4O4S2/c1-17-7-26(22,23)20(2)6-11(21)19-12-18-9-4-3-8(5-10(9)25-12)24-13(14,15)16/h3-5,17H,6-7H2,1-2H3,(H,18,19,21). The second-order valence-corrected chi connectivity index (χ2v) is 8.22. The minimum absolute atomic E-state index is 0.133. The molecule has 1 aromatic carbocycles. The third-order valence-corrected chi connectivity index (χ3v) is 5.67. The molecule has 2 rings (SSSR count). The Morgan fingerprint density at radius 1 is 1.38 bits per heavy atom. The van der Waals surface area contributed by atoms with Crippen molar-refractivity contribution in [2.45, 2.75) is 6.36 Å². The summed E-state index contributed by atoms with van der Waals surface area (Å²) in [4.78, 5) is 16.0. The SMILES string of the molecule is CNCS(=O)(=O)N(C)CC(=O)Nc1nc2ccc(OC(F)(F)F)cc2s1. The minimum atomic E-state index is -4.81. The van der Waals surface area contributed by atoms with Crippen LogP contribution in [0.15, 0.2) is 18.2 Å². The van der Waals surface area contributed by atoms with Crippen molar-refractivity contribution in [3.8, 4) is 5.75 Å². The molecule has 26 heavy (non-hydrogen) atoms. The number of likely N-dealkylation sites (N-methyl/N-ethyl adjacent to an activating group) is 1. The molecule has 2 N–H and O–H groups in total. The lowest BCUT2D eigenvalue weighted by Crippen LogP contribution is -2.38. The molecule has 0 spiro atoms. The lowest BCUT2D eigenvalue weighted by molar-refractivity contribution is -0.274. The Balaban J connectivity index is 2.07. The number of aromatic nitrogens is 1. The fraction of sp³-hybridized carbons (Fsp3) is 0.385. The van der Waals surface area contributed by atoms with E-state index in [0.29, 0.717) is 10.2 Å². The summed E-state index contributed by atoms with van der Waals surface area (Å²) in [7, 11) is -0.907. The van der Waals surface area contributed by atoms with Crippen molar-refractivity contribution in [1.29, 1.82) is 0 Å². The predicted molar refractivity (Wildman–Crippen MR) is 90.4 cm³/mol. The van der Waals surface area contributed by atoms with Gasteiger partial charge in [0, 0.05) is 13.1 Å². The highest BCUT2D eigenvalue weighted by atomic mass is 32.2. The second kappa shape index (κ2) is 7.73. The van der Waals surface area contributed by atoms with Crippen molar-refractivity contribution >= 4 is 42.6 Å². The molecule has 0 aliphatic carbocycles. The van der Waals surface area contributed by atoms with Crippen molar-refractivity contribution in [3.05, 3.63) is 18.2 Å². The van der Waals surface area contributed by atoms with Crippen LogP contribution in [0, 0.1) is 0 Å². The van der Waals surface area contributed by atoms with Crippen LogP contribution in [0.25, 0.3) is 10.2 Å². The number of amides is 1. The molecule has 8 nitrogen and oxygen atoms in total. The fourth-order valence-corrected chi connectivity index (χ4v) is 3.72. The van der Waals surface area contributed by atoms with E-state index in [4.69, 9.17) is 0 Å². The van der Waals surface area contributed by atoms with Gasteiger partial charge in [-0.05, 0) is 19.2 Å². The topological polar surface area (TPSA) is 101 Å². The Morgan fingerprint density at radius 3 is 2.69 bits per heavy atom. The maximum absolute atomic E-state index is 12.2. The van der Waals surface area contributed by atoms with E-state index in [1.165, 1.54) is 20.2 Å². The molecule has 0 aliphatic rings. The molecule has 0 aliphatic heterocycles. The maximum Gasteiger partial charge on any atom is 0.573 e. The van der Waals surface area contributed by atoms with Crippen LogP contribution < -0.4 is 15.4 Å². The normalized spacial score (nSPS) is 12.5. The number of nitrogens with one attached hydrogen (secondary N) is 2. The number of benzene rings is 1. The molecular formula is C13H15F3N4O4S2. The summed E-state index contributed by atoms with van der Waals surface area (Å²) in [6.45, 7) is -0.428. The van der Waals surface area contributed by atoms with Crippen molar-refractivity contribution in [2.75, 3.05) is 31.8 Å². The number of hydrogen-bond donors (Lipinski definition) is 2. The second-order valence-electron chi connectivity index (χ2n) is 5.11. The van der Waals surface area contributed by atoms with E-state index in [-0.39, 0.29) is 11.0 Å². The van der Waals surface area contributed by atoms with Crippen LogP contribution in [-0.2, 0) is 14.8 Å². The Hall–Kier alpha value is -1.96. The molecule has 1 heterocycles. The van der Waals surface area contributed by atoms with Gasteiger partial charge in [0.15, 0.2) is 5.13 Å². The van der Waals surface area contributed by atoms with Crippen LogP contribution in [0.2, 0.25) is 0 Å². The highest BCUT2D eigenvalue weighted by Crippen LogP contribution is 2.31. The lowest BCUT2D eigenvalue weighted by Gasteiger charge is -2.15. The summed E-state index contributed by atoms with van der Waals surface area (Å²) in [5, 5.41) is 5.04. The average molecular weight is 412 g/mol. The zero-order valence-electron chi connectivity index (χ0n) is 13.6. The molecule has 0 bridgehead atoms. The van der Waals surface area contributed by atoms with Crippen molar-refractivity contribution in [3.63, 3.8) is 0 Å². The van der Waals surface area contributed by atoms with Gasteiger partial charge < -0.3 is 15.4 Å². The van der Waals surface area contributed by atoms with Crippen molar-refractivity contribution in [2.24, 2.45) is 0 Å². The van der Waals surface area contributed by atoms with E-state index < -0.39 is 34.6 Å². The quantitative estimate of drug-likeness (QED) is 0.716. The summed E-state index contributed by atoms with van der Waals surface area (Å²) < 4.78 is 65.4. The molecule has 0 saturated heterocycles. The van der Waals surface area contributed by atoms with Gasteiger partial charge in [-0.3, -0.25) is 4.79 Å². The van der Waals surface area contributed by atoms with Crippen LogP contribution in [-0.4, -0.2) is 56.5 Å². The monoisotopic (exact) mass is 412 g/mol. The third-order valence-electron chi connectivity index (χ3n) is 3.01. The largest absolute Gasteiger partial charge is 0.573 e. The van der Waals surface area contributed by atoms with Crippen LogP contribution >= 0.6 is 11.3 Å². The van der Waals surface area contributed by atoms with Crippen LogP contribution in [0.5, 0.6) is 5.75 Å². The van der Waals surface area contributed by atoms with Crippen LogP contribution in [0.3, 0.4) is 0 Å². The maximum atomic E-state index is 12.2. The van der Waals surface area contributed by atoms with Gasteiger partial charge in [0.2, 0.25) is 15.9 Å². The Labute approximate surface area is 151 Å². The highest BCUT2D eigenvalue weighted by Gasteiger charge is 2.31. The average Bonchev–Trinajstić information content (AvgIpc) is 2.86. The van der Waals surface area contributed by atoms with Crippen molar-refractivity contribution < 1.29 is 31.1 Å². The van der Waals surface area contributed by atoms with E-state index in [1.807, 2.05) is 0 Å². The van der Waals surface area contributed by atoms with Crippen LogP contribution in [0.1, 0.15) is 0 Å². The van der Waals surface area contributed by atoms with E-state index >= 15 is 0 Å². The first-order valence-corrected chi connectivity index (χ1v) is 9.47.